The topological polar surface area (TPSA) is 50.4 Å². The Morgan fingerprint density at radius 2 is 2.00 bits per heavy atom. The van der Waals surface area contributed by atoms with Gasteiger partial charge in [-0.25, -0.2) is 0 Å². The Kier molecular flexibility index (Phi) is 6.07. The van der Waals surface area contributed by atoms with Crippen molar-refractivity contribution in [1.82, 2.24) is 10.6 Å². The molecule has 1 saturated heterocycles. The fraction of sp³-hybridized carbons (Fsp3) is 0.381. The molecule has 25 heavy (non-hydrogen) atoms. The smallest absolute Gasteiger partial charge is 0.255 e. The number of piperidine rings is 1. The average molecular weight is 338 g/mol. The van der Waals surface area contributed by atoms with Crippen molar-refractivity contribution in [3.63, 3.8) is 0 Å². The average Bonchev–Trinajstić information content (AvgIpc) is 2.66. The molecule has 4 heteroatoms. The summed E-state index contributed by atoms with van der Waals surface area (Å²) in [7, 11) is 0. The number of ether oxygens (including phenoxy) is 1. The molecule has 2 N–H and O–H groups in total. The van der Waals surface area contributed by atoms with Crippen LogP contribution in [0.2, 0.25) is 0 Å². The van der Waals surface area contributed by atoms with Crippen LogP contribution in [0, 0.1) is 12.8 Å². The summed E-state index contributed by atoms with van der Waals surface area (Å²) in [5, 5.41) is 6.44. The second-order valence-corrected chi connectivity index (χ2v) is 6.63. The zero-order valence-corrected chi connectivity index (χ0v) is 14.8. The minimum absolute atomic E-state index is 0.0639. The molecule has 1 heterocycles. The van der Waals surface area contributed by atoms with E-state index in [0.29, 0.717) is 30.4 Å². The van der Waals surface area contributed by atoms with Crippen molar-refractivity contribution in [1.29, 1.82) is 0 Å². The minimum Gasteiger partial charge on any atom is -0.488 e. The zero-order chi connectivity index (χ0) is 17.5. The Hall–Kier alpha value is -2.33. The van der Waals surface area contributed by atoms with Crippen molar-refractivity contribution in [2.45, 2.75) is 26.4 Å². The summed E-state index contributed by atoms with van der Waals surface area (Å²) in [4.78, 5) is 12.6. The summed E-state index contributed by atoms with van der Waals surface area (Å²) in [6.07, 6.45) is 2.34. The Morgan fingerprint density at radius 1 is 1.20 bits per heavy atom. The monoisotopic (exact) mass is 338 g/mol. The van der Waals surface area contributed by atoms with Crippen molar-refractivity contribution >= 4 is 5.91 Å². The molecule has 3 rings (SSSR count). The lowest BCUT2D eigenvalue weighted by Crippen LogP contribution is -2.38. The van der Waals surface area contributed by atoms with Crippen LogP contribution in [-0.4, -0.2) is 25.5 Å². The number of aryl methyl sites for hydroxylation is 1. The van der Waals surface area contributed by atoms with Gasteiger partial charge in [0.25, 0.3) is 5.91 Å². The van der Waals surface area contributed by atoms with Gasteiger partial charge in [-0.3, -0.25) is 4.79 Å². The maximum atomic E-state index is 12.6. The zero-order valence-electron chi connectivity index (χ0n) is 14.8. The van der Waals surface area contributed by atoms with Gasteiger partial charge in [0.15, 0.2) is 0 Å². The Balaban J connectivity index is 1.61. The van der Waals surface area contributed by atoms with Gasteiger partial charge in [0.2, 0.25) is 0 Å². The van der Waals surface area contributed by atoms with Crippen LogP contribution in [-0.2, 0) is 6.61 Å². The van der Waals surface area contributed by atoms with Gasteiger partial charge in [0.05, 0.1) is 5.56 Å². The minimum atomic E-state index is -0.0639. The number of carbonyl (C=O) groups is 1. The van der Waals surface area contributed by atoms with Crippen LogP contribution in [0.4, 0.5) is 0 Å². The van der Waals surface area contributed by atoms with Crippen molar-refractivity contribution in [3.05, 3.63) is 65.2 Å². The van der Waals surface area contributed by atoms with Gasteiger partial charge < -0.3 is 15.4 Å². The van der Waals surface area contributed by atoms with E-state index in [1.54, 1.807) is 0 Å². The van der Waals surface area contributed by atoms with Crippen molar-refractivity contribution in [2.75, 3.05) is 19.6 Å². The van der Waals surface area contributed by atoms with Gasteiger partial charge >= 0.3 is 0 Å². The summed E-state index contributed by atoms with van der Waals surface area (Å²) in [6, 6.07) is 15.6. The Morgan fingerprint density at radius 3 is 2.80 bits per heavy atom. The van der Waals surface area contributed by atoms with Crippen molar-refractivity contribution in [2.24, 2.45) is 5.92 Å². The first-order valence-electron chi connectivity index (χ1n) is 8.99. The van der Waals surface area contributed by atoms with Gasteiger partial charge in [-0.1, -0.05) is 36.4 Å². The summed E-state index contributed by atoms with van der Waals surface area (Å²) in [6.45, 7) is 5.29. The first-order chi connectivity index (χ1) is 12.2. The van der Waals surface area contributed by atoms with Crippen LogP contribution in [0.15, 0.2) is 48.5 Å². The number of para-hydroxylation sites is 1. The fourth-order valence-corrected chi connectivity index (χ4v) is 3.14. The predicted octanol–water partition coefficient (Wildman–Crippen LogP) is 3.30. The van der Waals surface area contributed by atoms with E-state index in [4.69, 9.17) is 4.74 Å². The summed E-state index contributed by atoms with van der Waals surface area (Å²) >= 11 is 0. The van der Waals surface area contributed by atoms with Gasteiger partial charge in [0.1, 0.15) is 12.4 Å². The third-order valence-electron chi connectivity index (χ3n) is 4.73. The largest absolute Gasteiger partial charge is 0.488 e. The van der Waals surface area contributed by atoms with Crippen LogP contribution in [0.5, 0.6) is 5.75 Å². The molecule has 1 fully saturated rings. The van der Waals surface area contributed by atoms with E-state index < -0.39 is 0 Å². The predicted molar refractivity (Wildman–Crippen MR) is 99.9 cm³/mol. The SMILES string of the molecule is Cc1ccccc1COc1ccccc1C(=O)NCC1CCCNC1. The lowest BCUT2D eigenvalue weighted by atomic mass is 9.99. The summed E-state index contributed by atoms with van der Waals surface area (Å²) in [5.74, 6) is 1.08. The van der Waals surface area contributed by atoms with E-state index in [1.165, 1.54) is 18.4 Å². The normalized spacial score (nSPS) is 17.1. The fourth-order valence-electron chi connectivity index (χ4n) is 3.14. The third-order valence-corrected chi connectivity index (χ3v) is 4.73. The number of amides is 1. The molecule has 4 nitrogen and oxygen atoms in total. The molecule has 1 unspecified atom stereocenters. The highest BCUT2D eigenvalue weighted by molar-refractivity contribution is 5.96. The molecule has 1 aliphatic rings. The number of benzene rings is 2. The first-order valence-corrected chi connectivity index (χ1v) is 8.99. The van der Waals surface area contributed by atoms with E-state index in [1.807, 2.05) is 42.5 Å². The van der Waals surface area contributed by atoms with E-state index >= 15 is 0 Å². The third kappa shape index (κ3) is 4.83. The second kappa shape index (κ2) is 8.67. The number of hydrogen-bond donors (Lipinski definition) is 2. The number of nitrogens with one attached hydrogen (secondary N) is 2. The molecule has 1 aliphatic heterocycles. The van der Waals surface area contributed by atoms with Crippen LogP contribution >= 0.6 is 0 Å². The summed E-state index contributed by atoms with van der Waals surface area (Å²) in [5.41, 5.74) is 2.92. The van der Waals surface area contributed by atoms with Crippen LogP contribution in [0.25, 0.3) is 0 Å². The highest BCUT2D eigenvalue weighted by Gasteiger charge is 2.16. The molecule has 0 radical (unpaired) electrons. The number of rotatable bonds is 6. The van der Waals surface area contributed by atoms with E-state index in [-0.39, 0.29) is 5.91 Å². The van der Waals surface area contributed by atoms with Gasteiger partial charge in [-0.2, -0.15) is 0 Å². The highest BCUT2D eigenvalue weighted by atomic mass is 16.5. The molecule has 0 spiro atoms. The molecular weight excluding hydrogens is 312 g/mol. The first kappa shape index (κ1) is 17.5. The second-order valence-electron chi connectivity index (χ2n) is 6.63. The number of hydrogen-bond acceptors (Lipinski definition) is 3. The quantitative estimate of drug-likeness (QED) is 0.850. The summed E-state index contributed by atoms with van der Waals surface area (Å²) < 4.78 is 5.94. The van der Waals surface area contributed by atoms with Crippen LogP contribution in [0.1, 0.15) is 34.3 Å². The molecule has 1 amide bonds. The molecule has 0 aliphatic carbocycles. The molecular formula is C21H26N2O2. The maximum Gasteiger partial charge on any atom is 0.255 e. The van der Waals surface area contributed by atoms with Gasteiger partial charge in [0, 0.05) is 6.54 Å². The Labute approximate surface area is 149 Å². The van der Waals surface area contributed by atoms with Crippen molar-refractivity contribution < 1.29 is 9.53 Å². The van der Waals surface area contributed by atoms with Crippen molar-refractivity contribution in [3.8, 4) is 5.75 Å². The molecule has 2 aromatic carbocycles. The molecule has 0 saturated carbocycles. The van der Waals surface area contributed by atoms with E-state index in [2.05, 4.69) is 23.6 Å². The molecule has 132 valence electrons. The molecule has 0 aromatic heterocycles. The van der Waals surface area contributed by atoms with Gasteiger partial charge in [-0.05, 0) is 62.0 Å². The molecule has 0 bridgehead atoms. The lowest BCUT2D eigenvalue weighted by Gasteiger charge is -2.23. The lowest BCUT2D eigenvalue weighted by molar-refractivity contribution is 0.0940. The molecule has 1 atom stereocenters. The Bertz CT molecular complexity index is 709. The molecule has 2 aromatic rings. The van der Waals surface area contributed by atoms with Gasteiger partial charge in [-0.15, -0.1) is 0 Å². The van der Waals surface area contributed by atoms with Crippen LogP contribution in [0.3, 0.4) is 0 Å². The van der Waals surface area contributed by atoms with Crippen LogP contribution < -0.4 is 15.4 Å². The van der Waals surface area contributed by atoms with E-state index in [0.717, 1.165) is 18.7 Å². The highest BCUT2D eigenvalue weighted by Crippen LogP contribution is 2.20. The van der Waals surface area contributed by atoms with E-state index in [9.17, 15) is 4.79 Å². The maximum absolute atomic E-state index is 12.6. The number of carbonyl (C=O) groups excluding carboxylic acids is 1. The standard InChI is InChI=1S/C21H26N2O2/c1-16-7-2-3-9-18(16)15-25-20-11-5-4-10-19(20)21(24)23-14-17-8-6-12-22-13-17/h2-5,7,9-11,17,22H,6,8,12-15H2,1H3,(H,23,24).